The van der Waals surface area contributed by atoms with E-state index in [1.165, 1.54) is 6.92 Å². The summed E-state index contributed by atoms with van der Waals surface area (Å²) in [6, 6.07) is 0.923. The summed E-state index contributed by atoms with van der Waals surface area (Å²) < 4.78 is 39.6. The number of amides is 1. The van der Waals surface area contributed by atoms with Crippen LogP contribution in [0.2, 0.25) is 0 Å². The van der Waals surface area contributed by atoms with E-state index < -0.39 is 29.7 Å². The van der Waals surface area contributed by atoms with Gasteiger partial charge in [-0.25, -0.2) is 9.78 Å². The molecule has 2 heterocycles. The number of alkyl halides is 3. The van der Waals surface area contributed by atoms with E-state index in [0.29, 0.717) is 6.42 Å². The number of fused-ring (bicyclic) bond motifs is 1. The number of aryl methyl sites for hydroxylation is 1. The third-order valence-electron chi connectivity index (χ3n) is 3.52. The number of carbonyl (C=O) groups is 2. The Hall–Kier alpha value is -2.58. The third kappa shape index (κ3) is 3.50. The number of rotatable bonds is 5. The molecule has 6 nitrogen and oxygen atoms in total. The molecule has 0 aliphatic rings. The van der Waals surface area contributed by atoms with E-state index in [-0.39, 0.29) is 23.5 Å². The van der Waals surface area contributed by atoms with Gasteiger partial charge in [0, 0.05) is 6.20 Å². The van der Waals surface area contributed by atoms with E-state index in [4.69, 9.17) is 5.11 Å². The van der Waals surface area contributed by atoms with Crippen molar-refractivity contribution in [3.63, 3.8) is 0 Å². The van der Waals surface area contributed by atoms with Gasteiger partial charge in [-0.3, -0.25) is 9.20 Å². The minimum atomic E-state index is -4.56. The molecule has 0 fully saturated rings. The Morgan fingerprint density at radius 3 is 2.58 bits per heavy atom. The smallest absolute Gasteiger partial charge is 0.417 e. The molecular weight excluding hydrogens is 327 g/mol. The summed E-state index contributed by atoms with van der Waals surface area (Å²) in [7, 11) is 0. The van der Waals surface area contributed by atoms with Crippen LogP contribution in [0.3, 0.4) is 0 Å². The van der Waals surface area contributed by atoms with Crippen molar-refractivity contribution in [3.05, 3.63) is 35.3 Å². The molecule has 0 saturated heterocycles. The van der Waals surface area contributed by atoms with Gasteiger partial charge in [0.05, 0.1) is 11.3 Å². The van der Waals surface area contributed by atoms with Gasteiger partial charge in [0.2, 0.25) is 0 Å². The number of aromatic nitrogens is 2. The zero-order valence-corrected chi connectivity index (χ0v) is 13.0. The van der Waals surface area contributed by atoms with Crippen LogP contribution in [0.4, 0.5) is 13.2 Å². The second-order valence-electron chi connectivity index (χ2n) is 5.34. The Morgan fingerprint density at radius 2 is 2.04 bits per heavy atom. The van der Waals surface area contributed by atoms with Gasteiger partial charge in [-0.1, -0.05) is 13.3 Å². The van der Waals surface area contributed by atoms with Crippen LogP contribution in [0, 0.1) is 6.92 Å². The van der Waals surface area contributed by atoms with Crippen molar-refractivity contribution in [2.75, 3.05) is 0 Å². The van der Waals surface area contributed by atoms with Crippen molar-refractivity contribution < 1.29 is 27.9 Å². The normalized spacial score (nSPS) is 13.0. The highest BCUT2D eigenvalue weighted by Gasteiger charge is 2.32. The van der Waals surface area contributed by atoms with Crippen LogP contribution in [0.25, 0.3) is 5.65 Å². The lowest BCUT2D eigenvalue weighted by molar-refractivity contribution is -0.139. The summed E-state index contributed by atoms with van der Waals surface area (Å²) >= 11 is 0. The second kappa shape index (κ2) is 6.50. The Balaban J connectivity index is 2.45. The van der Waals surface area contributed by atoms with Crippen LogP contribution < -0.4 is 5.32 Å². The fourth-order valence-corrected chi connectivity index (χ4v) is 2.38. The van der Waals surface area contributed by atoms with E-state index in [0.717, 1.165) is 22.7 Å². The summed E-state index contributed by atoms with van der Waals surface area (Å²) in [5.41, 5.74) is -0.649. The molecule has 0 saturated carbocycles. The lowest BCUT2D eigenvalue weighted by Gasteiger charge is -2.14. The maximum Gasteiger partial charge on any atom is 0.417 e. The number of hydrogen-bond donors (Lipinski definition) is 2. The van der Waals surface area contributed by atoms with Crippen molar-refractivity contribution in [2.45, 2.75) is 38.9 Å². The van der Waals surface area contributed by atoms with Crippen LogP contribution in [-0.2, 0) is 11.0 Å². The van der Waals surface area contributed by atoms with Gasteiger partial charge >= 0.3 is 12.1 Å². The first kappa shape index (κ1) is 17.8. The molecule has 1 amide bonds. The molecule has 1 unspecified atom stereocenters. The molecule has 0 spiro atoms. The molecule has 2 aromatic heterocycles. The summed E-state index contributed by atoms with van der Waals surface area (Å²) in [4.78, 5) is 27.6. The molecule has 0 aliphatic carbocycles. The van der Waals surface area contributed by atoms with Crippen molar-refractivity contribution in [1.82, 2.24) is 14.7 Å². The van der Waals surface area contributed by atoms with Gasteiger partial charge in [-0.15, -0.1) is 0 Å². The molecule has 130 valence electrons. The summed E-state index contributed by atoms with van der Waals surface area (Å²) in [6.07, 6.45) is -3.04. The van der Waals surface area contributed by atoms with E-state index in [1.807, 2.05) is 0 Å². The number of pyridine rings is 1. The molecule has 0 radical (unpaired) electrons. The van der Waals surface area contributed by atoms with Gasteiger partial charge in [0.25, 0.3) is 5.91 Å². The van der Waals surface area contributed by atoms with Gasteiger partial charge in [0.15, 0.2) is 0 Å². The molecule has 2 rings (SSSR count). The van der Waals surface area contributed by atoms with E-state index in [1.54, 1.807) is 6.92 Å². The number of aliphatic carboxylic acids is 1. The number of carboxylic acids is 1. The van der Waals surface area contributed by atoms with Crippen LogP contribution in [0.5, 0.6) is 0 Å². The molecule has 0 aliphatic heterocycles. The number of imidazole rings is 1. The number of nitrogens with zero attached hydrogens (tertiary/aromatic N) is 2. The Morgan fingerprint density at radius 1 is 1.38 bits per heavy atom. The summed E-state index contributed by atoms with van der Waals surface area (Å²) in [5.74, 6) is -1.98. The van der Waals surface area contributed by atoms with E-state index >= 15 is 0 Å². The zero-order chi connectivity index (χ0) is 18.1. The van der Waals surface area contributed by atoms with Crippen LogP contribution in [0.1, 0.15) is 41.5 Å². The number of hydrogen-bond acceptors (Lipinski definition) is 3. The zero-order valence-electron chi connectivity index (χ0n) is 13.0. The predicted octanol–water partition coefficient (Wildman–Crippen LogP) is 2.64. The highest BCUT2D eigenvalue weighted by atomic mass is 19.4. The first-order valence-corrected chi connectivity index (χ1v) is 7.24. The molecule has 1 atom stereocenters. The van der Waals surface area contributed by atoms with Crippen LogP contribution in [-0.4, -0.2) is 32.4 Å². The fraction of sp³-hybridized carbons (Fsp3) is 0.400. The number of nitrogens with one attached hydrogen (secondary N) is 1. The number of carbonyl (C=O) groups excluding carboxylic acids is 1. The monoisotopic (exact) mass is 343 g/mol. The predicted molar refractivity (Wildman–Crippen MR) is 78.7 cm³/mol. The Kier molecular flexibility index (Phi) is 4.81. The van der Waals surface area contributed by atoms with Gasteiger partial charge in [-0.2, -0.15) is 13.2 Å². The first-order valence-electron chi connectivity index (χ1n) is 7.24. The quantitative estimate of drug-likeness (QED) is 0.874. The van der Waals surface area contributed by atoms with Crippen molar-refractivity contribution in [1.29, 1.82) is 0 Å². The Bertz CT molecular complexity index is 783. The molecular formula is C15H16F3N3O3. The van der Waals surface area contributed by atoms with Gasteiger partial charge < -0.3 is 10.4 Å². The van der Waals surface area contributed by atoms with Crippen molar-refractivity contribution in [2.24, 2.45) is 0 Å². The summed E-state index contributed by atoms with van der Waals surface area (Å²) in [6.45, 7) is 3.24. The first-order chi connectivity index (χ1) is 11.1. The second-order valence-corrected chi connectivity index (χ2v) is 5.34. The number of carboxylic acid groups (broad SMARTS) is 1. The average molecular weight is 343 g/mol. The molecule has 24 heavy (non-hydrogen) atoms. The van der Waals surface area contributed by atoms with Gasteiger partial charge in [0.1, 0.15) is 17.4 Å². The maximum absolute atomic E-state index is 12.9. The standard InChI is InChI=1S/C15H16F3N3O3/c1-3-4-10(14(23)24)20-13(22)12-8(2)19-11-6-5-9(7-21(11)12)15(16,17)18/h5-7,10H,3-4H2,1-2H3,(H,20,22)(H,23,24). The SMILES string of the molecule is CCCC(NC(=O)c1c(C)nc2ccc(C(F)(F)F)cn12)C(=O)O. The topological polar surface area (TPSA) is 83.7 Å². The summed E-state index contributed by atoms with van der Waals surface area (Å²) in [5, 5.41) is 11.4. The third-order valence-corrected chi connectivity index (χ3v) is 3.52. The van der Waals surface area contributed by atoms with Crippen LogP contribution in [0.15, 0.2) is 18.3 Å². The minimum absolute atomic E-state index is 0.113. The number of halogens is 3. The molecule has 2 aromatic rings. The Labute approximate surface area is 135 Å². The fourth-order valence-electron chi connectivity index (χ4n) is 2.38. The highest BCUT2D eigenvalue weighted by Crippen LogP contribution is 2.29. The van der Waals surface area contributed by atoms with E-state index in [2.05, 4.69) is 10.3 Å². The molecule has 9 heteroatoms. The van der Waals surface area contributed by atoms with E-state index in [9.17, 15) is 22.8 Å². The molecule has 0 aromatic carbocycles. The van der Waals surface area contributed by atoms with Crippen molar-refractivity contribution in [3.8, 4) is 0 Å². The molecule has 2 N–H and O–H groups in total. The lowest BCUT2D eigenvalue weighted by atomic mass is 10.1. The van der Waals surface area contributed by atoms with Crippen LogP contribution >= 0.6 is 0 Å². The largest absolute Gasteiger partial charge is 0.480 e. The lowest BCUT2D eigenvalue weighted by Crippen LogP contribution is -2.41. The maximum atomic E-state index is 12.9. The average Bonchev–Trinajstić information content (AvgIpc) is 2.80. The highest BCUT2D eigenvalue weighted by molar-refractivity contribution is 5.97. The molecule has 0 bridgehead atoms. The van der Waals surface area contributed by atoms with Gasteiger partial charge in [-0.05, 0) is 25.5 Å². The van der Waals surface area contributed by atoms with Crippen molar-refractivity contribution >= 4 is 17.5 Å². The minimum Gasteiger partial charge on any atom is -0.480 e.